The number of imide groups is 1. The molecule has 0 aliphatic carbocycles. The molecule has 1 aliphatic rings. The Balaban J connectivity index is 0.987. The molecule has 74 heavy (non-hydrogen) atoms. The molecule has 8 amide bonds. The van der Waals surface area contributed by atoms with Gasteiger partial charge >= 0.3 is 12.1 Å². The average molecular weight is 1030 g/mol. The van der Waals surface area contributed by atoms with E-state index in [9.17, 15) is 33.6 Å². The number of nitrogens with one attached hydrogen (secondary N) is 5. The van der Waals surface area contributed by atoms with Crippen LogP contribution in [-0.2, 0) is 48.4 Å². The molecular weight excluding hydrogens is 970 g/mol. The highest BCUT2D eigenvalue weighted by atomic mass is 35.5. The Morgan fingerprint density at radius 3 is 2.35 bits per heavy atom. The van der Waals surface area contributed by atoms with Gasteiger partial charge in [-0.15, -0.1) is 0 Å². The molecule has 2 atom stereocenters. The quantitative estimate of drug-likeness (QED) is 0.0302. The van der Waals surface area contributed by atoms with Crippen LogP contribution in [0.3, 0.4) is 0 Å². The summed E-state index contributed by atoms with van der Waals surface area (Å²) in [6.07, 6.45) is 7.19. The summed E-state index contributed by atoms with van der Waals surface area (Å²) in [7, 11) is 0. The van der Waals surface area contributed by atoms with Crippen LogP contribution in [0.4, 0.5) is 15.3 Å². The van der Waals surface area contributed by atoms with Crippen molar-refractivity contribution < 1.29 is 38.3 Å². The number of ether oxygens (including phenoxy) is 1. The van der Waals surface area contributed by atoms with Crippen LogP contribution >= 0.6 is 11.6 Å². The van der Waals surface area contributed by atoms with Crippen LogP contribution in [0.2, 0.25) is 5.02 Å². The third-order valence-corrected chi connectivity index (χ3v) is 12.4. The fraction of sp³-hybridized carbons (Fsp3) is 0.327. The van der Waals surface area contributed by atoms with Crippen LogP contribution in [0.15, 0.2) is 104 Å². The van der Waals surface area contributed by atoms with Gasteiger partial charge in [0.25, 0.3) is 11.8 Å². The van der Waals surface area contributed by atoms with E-state index in [0.29, 0.717) is 69.7 Å². The third kappa shape index (κ3) is 14.6. The summed E-state index contributed by atoms with van der Waals surface area (Å²) in [5.74, 6) is -2.09. The fourth-order valence-electron chi connectivity index (χ4n) is 8.09. The number of anilines is 1. The summed E-state index contributed by atoms with van der Waals surface area (Å²) < 4.78 is 7.54. The zero-order valence-corrected chi connectivity index (χ0v) is 41.9. The van der Waals surface area contributed by atoms with Crippen LogP contribution in [0.25, 0.3) is 28.3 Å². The Morgan fingerprint density at radius 1 is 0.851 bits per heavy atom. The van der Waals surface area contributed by atoms with E-state index < -0.39 is 36.0 Å². The number of benzene rings is 2. The molecule has 0 saturated heterocycles. The summed E-state index contributed by atoms with van der Waals surface area (Å²) in [4.78, 5) is 109. The first-order valence-electron chi connectivity index (χ1n) is 24.2. The van der Waals surface area contributed by atoms with Gasteiger partial charge in [-0.25, -0.2) is 24.1 Å². The average Bonchev–Trinajstić information content (AvgIpc) is 4.12. The maximum absolute atomic E-state index is 14.1. The highest BCUT2D eigenvalue weighted by Crippen LogP contribution is 2.30. The SMILES string of the molecule is Cc1cccc(-c2nc(CN(Cc3ccccc3Cl)C(=O)OCc3ccc(NC(=O)[C@H](CCCNC(N)=O)NC(=O)C(NC(=O)CCCCCN4C(=O)C=CC4=O)C(C)C)cc3)[nH]c2-c2ccc3ncnn3c2)n1. The number of hydrogen-bond acceptors (Lipinski definition) is 12. The Morgan fingerprint density at radius 2 is 1.62 bits per heavy atom. The Bertz CT molecular complexity index is 3010. The number of nitrogens with zero attached hydrogens (tertiary/aromatic N) is 7. The number of carbonyl (C=O) groups excluding carboxylic acids is 7. The van der Waals surface area contributed by atoms with Crippen LogP contribution in [-0.4, -0.2) is 106 Å². The molecule has 5 heterocycles. The van der Waals surface area contributed by atoms with E-state index in [-0.39, 0.29) is 75.7 Å². The molecule has 4 aromatic heterocycles. The molecule has 7 N–H and O–H groups in total. The summed E-state index contributed by atoms with van der Waals surface area (Å²) >= 11 is 6.59. The van der Waals surface area contributed by atoms with Crippen molar-refractivity contribution in [1.82, 2.24) is 55.3 Å². The first-order valence-corrected chi connectivity index (χ1v) is 24.5. The van der Waals surface area contributed by atoms with Gasteiger partial charge in [-0.2, -0.15) is 5.10 Å². The molecule has 386 valence electrons. The maximum atomic E-state index is 14.1. The predicted octanol–water partition coefficient (Wildman–Crippen LogP) is 5.98. The lowest BCUT2D eigenvalue weighted by Crippen LogP contribution is -2.54. The second-order valence-electron chi connectivity index (χ2n) is 18.0. The topological polar surface area (TPSA) is 281 Å². The normalized spacial score (nSPS) is 13.0. The lowest BCUT2D eigenvalue weighted by Gasteiger charge is -2.25. The first-order chi connectivity index (χ1) is 35.6. The minimum Gasteiger partial charge on any atom is -0.445 e. The molecule has 1 aliphatic heterocycles. The van der Waals surface area contributed by atoms with Crippen molar-refractivity contribution in [2.45, 2.75) is 91.1 Å². The lowest BCUT2D eigenvalue weighted by atomic mass is 10.0. The van der Waals surface area contributed by atoms with Crippen molar-refractivity contribution in [3.8, 4) is 22.6 Å². The van der Waals surface area contributed by atoms with Crippen molar-refractivity contribution in [2.24, 2.45) is 11.7 Å². The Hall–Kier alpha value is -8.46. The number of rotatable bonds is 24. The van der Waals surface area contributed by atoms with Gasteiger partial charge in [0, 0.05) is 59.8 Å². The van der Waals surface area contributed by atoms with Gasteiger partial charge in [0.2, 0.25) is 17.7 Å². The molecule has 22 heteroatoms. The second-order valence-corrected chi connectivity index (χ2v) is 18.4. The second kappa shape index (κ2) is 25.3. The van der Waals surface area contributed by atoms with Gasteiger partial charge in [-0.3, -0.25) is 38.8 Å². The zero-order chi connectivity index (χ0) is 52.7. The van der Waals surface area contributed by atoms with Crippen LogP contribution in [0.1, 0.15) is 75.0 Å². The van der Waals surface area contributed by atoms with Gasteiger partial charge < -0.3 is 36.7 Å². The number of amides is 8. The molecule has 6 aromatic rings. The number of H-pyrrole nitrogens is 1. The van der Waals surface area contributed by atoms with Gasteiger partial charge in [-0.05, 0) is 92.1 Å². The number of aromatic nitrogens is 6. The molecule has 7 rings (SSSR count). The number of fused-ring (bicyclic) bond motifs is 1. The number of aromatic amines is 1. The number of imidazole rings is 1. The van der Waals surface area contributed by atoms with E-state index in [0.717, 1.165) is 16.2 Å². The number of urea groups is 1. The third-order valence-electron chi connectivity index (χ3n) is 12.0. The summed E-state index contributed by atoms with van der Waals surface area (Å²) in [6, 6.07) is 20.5. The number of unbranched alkanes of at least 4 members (excludes halogenated alkanes) is 2. The van der Waals surface area contributed by atoms with Crippen LogP contribution in [0.5, 0.6) is 0 Å². The van der Waals surface area contributed by atoms with Crippen molar-refractivity contribution in [3.05, 3.63) is 131 Å². The van der Waals surface area contributed by atoms with Crippen LogP contribution in [0, 0.1) is 12.8 Å². The van der Waals surface area contributed by atoms with E-state index in [1.807, 2.05) is 55.6 Å². The maximum Gasteiger partial charge on any atom is 0.410 e. The van der Waals surface area contributed by atoms with Gasteiger partial charge in [0.1, 0.15) is 36.5 Å². The summed E-state index contributed by atoms with van der Waals surface area (Å²) in [6.45, 7) is 5.80. The van der Waals surface area contributed by atoms with Crippen molar-refractivity contribution in [3.63, 3.8) is 0 Å². The van der Waals surface area contributed by atoms with Gasteiger partial charge in [-0.1, -0.05) is 68.3 Å². The molecule has 0 bridgehead atoms. The predicted molar refractivity (Wildman–Crippen MR) is 274 cm³/mol. The minimum absolute atomic E-state index is 0.00705. The van der Waals surface area contributed by atoms with Gasteiger partial charge in [0.15, 0.2) is 5.65 Å². The molecule has 0 fully saturated rings. The number of carbonyl (C=O) groups is 7. The summed E-state index contributed by atoms with van der Waals surface area (Å²) in [5.41, 5.74) is 11.0. The largest absolute Gasteiger partial charge is 0.445 e. The number of halogens is 1. The molecule has 2 aromatic carbocycles. The van der Waals surface area contributed by atoms with E-state index in [4.69, 9.17) is 32.0 Å². The number of pyridine rings is 2. The first kappa shape index (κ1) is 53.3. The number of primary amides is 1. The van der Waals surface area contributed by atoms with E-state index in [1.54, 1.807) is 54.8 Å². The highest BCUT2D eigenvalue weighted by molar-refractivity contribution is 6.31. The Labute approximate surface area is 431 Å². The molecule has 0 spiro atoms. The minimum atomic E-state index is -1.07. The number of hydrogen-bond donors (Lipinski definition) is 6. The lowest BCUT2D eigenvalue weighted by molar-refractivity contribution is -0.137. The number of aryl methyl sites for hydroxylation is 1. The van der Waals surface area contributed by atoms with Crippen molar-refractivity contribution in [1.29, 1.82) is 0 Å². The molecule has 21 nitrogen and oxygen atoms in total. The van der Waals surface area contributed by atoms with E-state index >= 15 is 0 Å². The highest BCUT2D eigenvalue weighted by Gasteiger charge is 2.30. The van der Waals surface area contributed by atoms with Crippen molar-refractivity contribution >= 4 is 64.6 Å². The monoisotopic (exact) mass is 1030 g/mol. The Kier molecular flexibility index (Phi) is 18.2. The molecular formula is C52H58ClN13O8. The zero-order valence-electron chi connectivity index (χ0n) is 41.2. The fourth-order valence-corrected chi connectivity index (χ4v) is 8.29. The molecule has 1 unspecified atom stereocenters. The molecule has 0 saturated carbocycles. The van der Waals surface area contributed by atoms with E-state index in [2.05, 4.69) is 36.3 Å². The number of nitrogens with two attached hydrogens (primary N) is 1. The standard InChI is InChI=1S/C52H58ClN13O8/c1-32(2)46(63-43(67)16-5-4-8-26-65-44(68)23-24-45(65)69)50(71)60-40(15-10-25-55-51(54)72)49(70)59-37-20-17-34(18-21-37)30-74-52(73)64(27-35-12-6-7-13-38(35)53)29-41-61-47(36-19-22-42-56-31-57-66(42)28-36)48(62-41)39-14-9-11-33(3)58-39/h6-7,9,11-14,17-24,28,31-32,40,46H,4-5,8,10,15-16,25-27,29-30H2,1-3H3,(H,59,70)(H,60,71)(H,61,62)(H,63,67)(H3,54,55,72)/t40-,46?/m0/s1. The van der Waals surface area contributed by atoms with Gasteiger partial charge in [0.05, 0.1) is 24.5 Å². The van der Waals surface area contributed by atoms with Crippen molar-refractivity contribution in [2.75, 3.05) is 18.4 Å². The van der Waals surface area contributed by atoms with Crippen LogP contribution < -0.4 is 27.0 Å². The summed E-state index contributed by atoms with van der Waals surface area (Å²) in [5, 5.41) is 15.6. The smallest absolute Gasteiger partial charge is 0.410 e. The van der Waals surface area contributed by atoms with E-state index in [1.165, 1.54) is 23.4 Å². The molecule has 0 radical (unpaired) electrons.